The summed E-state index contributed by atoms with van der Waals surface area (Å²) in [4.78, 5) is 16.1. The van der Waals surface area contributed by atoms with E-state index in [2.05, 4.69) is 17.2 Å². The first-order valence-corrected chi connectivity index (χ1v) is 13.0. The Balaban J connectivity index is 1.53. The average Bonchev–Trinajstić information content (AvgIpc) is 3.18. The summed E-state index contributed by atoms with van der Waals surface area (Å²) < 4.78 is 20.8. The second kappa shape index (κ2) is 16.2. The zero-order valence-corrected chi connectivity index (χ0v) is 20.3. The minimum Gasteiger partial charge on any atom is -0.394 e. The standard InChI is InChI=1S/C25H44FN3O4/c1-2-3-4-5-6-7-8-9-10-11-12-13-14-15-16-27-24-20(26)18-29(25(32)28-24)23-17-21(31)22(19-30)33-23/h18,21-23,30-31H,2-17,19H2,1H3,(H,27,28,32). The van der Waals surface area contributed by atoms with Crippen molar-refractivity contribution in [2.24, 2.45) is 0 Å². The predicted octanol–water partition coefficient (Wildman–Crippen LogP) is 4.92. The van der Waals surface area contributed by atoms with Gasteiger partial charge in [0.15, 0.2) is 11.6 Å². The van der Waals surface area contributed by atoms with Gasteiger partial charge in [-0.25, -0.2) is 9.18 Å². The summed E-state index contributed by atoms with van der Waals surface area (Å²) in [5.74, 6) is -0.686. The number of unbranched alkanes of at least 4 members (excludes halogenated alkanes) is 13. The molecule has 190 valence electrons. The molecule has 1 fully saturated rings. The van der Waals surface area contributed by atoms with Gasteiger partial charge in [-0.05, 0) is 6.42 Å². The molecule has 1 aromatic rings. The van der Waals surface area contributed by atoms with Gasteiger partial charge in [-0.15, -0.1) is 0 Å². The number of ether oxygens (including phenoxy) is 1. The Kier molecular flexibility index (Phi) is 13.6. The molecule has 0 bridgehead atoms. The number of aliphatic hydroxyl groups excluding tert-OH is 2. The number of rotatable bonds is 18. The number of aliphatic hydroxyl groups is 2. The van der Waals surface area contributed by atoms with E-state index in [-0.39, 0.29) is 18.8 Å². The molecule has 8 heteroatoms. The topological polar surface area (TPSA) is 96.6 Å². The molecular formula is C25H44FN3O4. The third kappa shape index (κ3) is 10.1. The fourth-order valence-electron chi connectivity index (χ4n) is 4.35. The second-order valence-corrected chi connectivity index (χ2v) is 9.27. The monoisotopic (exact) mass is 469 g/mol. The third-order valence-electron chi connectivity index (χ3n) is 6.42. The largest absolute Gasteiger partial charge is 0.394 e. The SMILES string of the molecule is CCCCCCCCCCCCCCCCNc1nc(=O)n(C2CC(O)C(CO)O2)cc1F. The van der Waals surface area contributed by atoms with Crippen LogP contribution in [0.3, 0.4) is 0 Å². The molecule has 1 aliphatic rings. The van der Waals surface area contributed by atoms with E-state index in [1.807, 2.05) is 0 Å². The van der Waals surface area contributed by atoms with Crippen molar-refractivity contribution in [1.29, 1.82) is 0 Å². The molecule has 2 heterocycles. The molecule has 2 rings (SSSR count). The summed E-state index contributed by atoms with van der Waals surface area (Å²) in [5.41, 5.74) is -0.643. The van der Waals surface area contributed by atoms with Crippen LogP contribution in [0, 0.1) is 5.82 Å². The van der Waals surface area contributed by atoms with Crippen LogP contribution >= 0.6 is 0 Å². The van der Waals surface area contributed by atoms with Crippen LogP contribution in [0.1, 0.15) is 109 Å². The van der Waals surface area contributed by atoms with Gasteiger partial charge in [-0.2, -0.15) is 4.98 Å². The number of aromatic nitrogens is 2. The summed E-state index contributed by atoms with van der Waals surface area (Å²) in [7, 11) is 0. The Morgan fingerprint density at radius 2 is 1.58 bits per heavy atom. The van der Waals surface area contributed by atoms with Gasteiger partial charge in [-0.1, -0.05) is 90.4 Å². The van der Waals surface area contributed by atoms with Crippen LogP contribution in [0.4, 0.5) is 10.2 Å². The van der Waals surface area contributed by atoms with Gasteiger partial charge in [0.1, 0.15) is 12.3 Å². The molecule has 1 aromatic heterocycles. The zero-order chi connectivity index (χ0) is 23.9. The van der Waals surface area contributed by atoms with E-state index in [0.717, 1.165) is 23.6 Å². The van der Waals surface area contributed by atoms with Crippen molar-refractivity contribution in [3.8, 4) is 0 Å². The first kappa shape index (κ1) is 27.7. The van der Waals surface area contributed by atoms with Crippen molar-refractivity contribution in [1.82, 2.24) is 9.55 Å². The summed E-state index contributed by atoms with van der Waals surface area (Å²) >= 11 is 0. The van der Waals surface area contributed by atoms with E-state index in [1.54, 1.807) is 0 Å². The van der Waals surface area contributed by atoms with Crippen LogP contribution < -0.4 is 11.0 Å². The van der Waals surface area contributed by atoms with Crippen molar-refractivity contribution >= 4 is 5.82 Å². The van der Waals surface area contributed by atoms with E-state index in [4.69, 9.17) is 9.84 Å². The first-order valence-electron chi connectivity index (χ1n) is 13.0. The molecule has 1 saturated heterocycles. The maximum Gasteiger partial charge on any atom is 0.351 e. The first-order chi connectivity index (χ1) is 16.1. The van der Waals surface area contributed by atoms with Crippen LogP contribution in [0.25, 0.3) is 0 Å². The van der Waals surface area contributed by atoms with Crippen LogP contribution in [0.2, 0.25) is 0 Å². The Hall–Kier alpha value is -1.51. The lowest BCUT2D eigenvalue weighted by molar-refractivity contribution is -0.0461. The number of hydrogen-bond acceptors (Lipinski definition) is 6. The molecule has 33 heavy (non-hydrogen) atoms. The summed E-state index contributed by atoms with van der Waals surface area (Å²) in [6.07, 6.45) is 16.6. The molecule has 3 unspecified atom stereocenters. The van der Waals surface area contributed by atoms with Crippen LogP contribution in [0.5, 0.6) is 0 Å². The lowest BCUT2D eigenvalue weighted by Gasteiger charge is -2.15. The fraction of sp³-hybridized carbons (Fsp3) is 0.840. The van der Waals surface area contributed by atoms with E-state index < -0.39 is 29.9 Å². The Bertz CT molecular complexity index is 715. The van der Waals surface area contributed by atoms with Gasteiger partial charge in [0.25, 0.3) is 0 Å². The molecule has 0 amide bonds. The number of anilines is 1. The average molecular weight is 470 g/mol. The minimum atomic E-state index is -0.895. The van der Waals surface area contributed by atoms with Gasteiger partial charge < -0.3 is 20.3 Å². The molecule has 0 radical (unpaired) electrons. The number of nitrogens with one attached hydrogen (secondary N) is 1. The van der Waals surface area contributed by atoms with Crippen LogP contribution in [0.15, 0.2) is 11.0 Å². The van der Waals surface area contributed by atoms with Gasteiger partial charge in [0, 0.05) is 13.0 Å². The molecule has 1 aliphatic heterocycles. The van der Waals surface area contributed by atoms with Crippen LogP contribution in [-0.4, -0.2) is 45.1 Å². The van der Waals surface area contributed by atoms with E-state index in [9.17, 15) is 14.3 Å². The fourth-order valence-corrected chi connectivity index (χ4v) is 4.35. The van der Waals surface area contributed by atoms with Gasteiger partial charge >= 0.3 is 5.69 Å². The molecule has 0 saturated carbocycles. The summed E-state index contributed by atoms with van der Waals surface area (Å²) in [5, 5.41) is 21.9. The highest BCUT2D eigenvalue weighted by Crippen LogP contribution is 2.27. The number of hydrogen-bond donors (Lipinski definition) is 3. The molecule has 0 spiro atoms. The Morgan fingerprint density at radius 1 is 1.03 bits per heavy atom. The van der Waals surface area contributed by atoms with Crippen molar-refractivity contribution in [3.05, 3.63) is 22.5 Å². The molecular weight excluding hydrogens is 425 g/mol. The molecule has 3 atom stereocenters. The second-order valence-electron chi connectivity index (χ2n) is 9.27. The highest BCUT2D eigenvalue weighted by Gasteiger charge is 2.35. The Labute approximate surface area is 197 Å². The van der Waals surface area contributed by atoms with Crippen molar-refractivity contribution < 1.29 is 19.3 Å². The van der Waals surface area contributed by atoms with Crippen molar-refractivity contribution in [3.63, 3.8) is 0 Å². The highest BCUT2D eigenvalue weighted by atomic mass is 19.1. The van der Waals surface area contributed by atoms with E-state index in [1.165, 1.54) is 77.0 Å². The lowest BCUT2D eigenvalue weighted by Crippen LogP contribution is -2.29. The lowest BCUT2D eigenvalue weighted by atomic mass is 10.0. The van der Waals surface area contributed by atoms with Gasteiger partial charge in [0.05, 0.1) is 18.9 Å². The van der Waals surface area contributed by atoms with Crippen LogP contribution in [-0.2, 0) is 4.74 Å². The summed E-state index contributed by atoms with van der Waals surface area (Å²) in [6.45, 7) is 2.46. The molecule has 7 nitrogen and oxygen atoms in total. The maximum atomic E-state index is 14.4. The highest BCUT2D eigenvalue weighted by molar-refractivity contribution is 5.33. The predicted molar refractivity (Wildman–Crippen MR) is 129 cm³/mol. The molecule has 3 N–H and O–H groups in total. The Morgan fingerprint density at radius 3 is 2.09 bits per heavy atom. The molecule has 0 aliphatic carbocycles. The van der Waals surface area contributed by atoms with Gasteiger partial charge in [0.2, 0.25) is 0 Å². The van der Waals surface area contributed by atoms with E-state index in [0.29, 0.717) is 6.54 Å². The maximum absolute atomic E-state index is 14.4. The normalized spacial score (nSPS) is 20.4. The van der Waals surface area contributed by atoms with Crippen molar-refractivity contribution in [2.45, 2.75) is 122 Å². The third-order valence-corrected chi connectivity index (χ3v) is 6.42. The zero-order valence-electron chi connectivity index (χ0n) is 20.3. The van der Waals surface area contributed by atoms with Gasteiger partial charge in [-0.3, -0.25) is 4.57 Å². The van der Waals surface area contributed by atoms with E-state index >= 15 is 0 Å². The molecule has 0 aromatic carbocycles. The number of halogens is 1. The smallest absolute Gasteiger partial charge is 0.351 e. The number of nitrogens with zero attached hydrogens (tertiary/aromatic N) is 2. The van der Waals surface area contributed by atoms with Crippen molar-refractivity contribution in [2.75, 3.05) is 18.5 Å². The summed E-state index contributed by atoms with van der Waals surface area (Å²) in [6, 6.07) is 0. The quantitative estimate of drug-likeness (QED) is 0.264. The minimum absolute atomic E-state index is 0.0526.